The molecule has 0 unspecified atom stereocenters. The van der Waals surface area contributed by atoms with Crippen LogP contribution in [0.25, 0.3) is 0 Å². The number of rotatable bonds is 7. The minimum atomic E-state index is -3.39. The Morgan fingerprint density at radius 1 is 1.28 bits per heavy atom. The number of carbonyl (C=O) groups is 1. The van der Waals surface area contributed by atoms with E-state index in [4.69, 9.17) is 0 Å². The van der Waals surface area contributed by atoms with Crippen molar-refractivity contribution in [2.75, 3.05) is 19.6 Å². The lowest BCUT2D eigenvalue weighted by atomic mass is 10.2. The number of nitrogens with zero attached hydrogens (tertiary/aromatic N) is 1. The molecule has 0 saturated carbocycles. The number of nitrogens with one attached hydrogen (secondary N) is 1. The highest BCUT2D eigenvalue weighted by atomic mass is 32.2. The Kier molecular flexibility index (Phi) is 4.78. The van der Waals surface area contributed by atoms with Crippen molar-refractivity contribution in [2.45, 2.75) is 45.3 Å². The minimum Gasteiger partial charge on any atom is -0.316 e. The Balaban J connectivity index is 2.24. The topological polar surface area (TPSA) is 66.5 Å². The van der Waals surface area contributed by atoms with Gasteiger partial charge in [-0.15, -0.1) is 0 Å². The summed E-state index contributed by atoms with van der Waals surface area (Å²) in [7, 11) is -3.39. The zero-order valence-electron chi connectivity index (χ0n) is 11.7. The van der Waals surface area contributed by atoms with Crippen LogP contribution in [0, 0.1) is 5.92 Å². The Hall–Kier alpha value is -0.620. The van der Waals surface area contributed by atoms with Crippen molar-refractivity contribution in [3.05, 3.63) is 0 Å². The monoisotopic (exact) mass is 276 g/mol. The van der Waals surface area contributed by atoms with Crippen molar-refractivity contribution < 1.29 is 13.2 Å². The summed E-state index contributed by atoms with van der Waals surface area (Å²) >= 11 is 0. The van der Waals surface area contributed by atoms with Crippen LogP contribution in [0.5, 0.6) is 0 Å². The Bertz CT molecular complexity index is 402. The van der Waals surface area contributed by atoms with E-state index in [1.807, 2.05) is 0 Å². The average molecular weight is 276 g/mol. The van der Waals surface area contributed by atoms with Crippen LogP contribution in [0.3, 0.4) is 0 Å². The molecule has 1 fully saturated rings. The first-order valence-corrected chi connectivity index (χ1v) is 7.92. The lowest BCUT2D eigenvalue weighted by Crippen LogP contribution is -2.67. The third-order valence-corrected chi connectivity index (χ3v) is 5.59. The van der Waals surface area contributed by atoms with E-state index in [9.17, 15) is 13.2 Å². The summed E-state index contributed by atoms with van der Waals surface area (Å²) in [5, 5.41) is 3.29. The molecular weight excluding hydrogens is 252 g/mol. The van der Waals surface area contributed by atoms with Crippen LogP contribution in [0.2, 0.25) is 0 Å². The molecule has 1 N–H and O–H groups in total. The van der Waals surface area contributed by atoms with Crippen LogP contribution in [0.1, 0.15) is 40.5 Å². The maximum atomic E-state index is 11.8. The van der Waals surface area contributed by atoms with Gasteiger partial charge in [0, 0.05) is 6.54 Å². The maximum absolute atomic E-state index is 11.8. The average Bonchev–Trinajstić information content (AvgIpc) is 2.26. The Morgan fingerprint density at radius 3 is 2.39 bits per heavy atom. The molecule has 0 radical (unpaired) electrons. The van der Waals surface area contributed by atoms with Crippen LogP contribution >= 0.6 is 0 Å². The van der Waals surface area contributed by atoms with Gasteiger partial charge in [0.05, 0.1) is 0 Å². The molecule has 1 rings (SSSR count). The molecule has 1 aliphatic rings. The third kappa shape index (κ3) is 2.85. The van der Waals surface area contributed by atoms with Gasteiger partial charge in [0.25, 0.3) is 15.9 Å². The predicted molar refractivity (Wildman–Crippen MR) is 71.7 cm³/mol. The molecule has 1 aliphatic heterocycles. The highest BCUT2D eigenvalue weighted by Crippen LogP contribution is 2.34. The second kappa shape index (κ2) is 5.57. The zero-order valence-corrected chi connectivity index (χ0v) is 12.5. The van der Waals surface area contributed by atoms with Crippen LogP contribution in [0.15, 0.2) is 0 Å². The van der Waals surface area contributed by atoms with E-state index in [0.717, 1.165) is 23.8 Å². The van der Waals surface area contributed by atoms with Gasteiger partial charge >= 0.3 is 0 Å². The SMILES string of the molecule is CC(C)CNCCCCN1C(=O)C(C)(C)S1(=O)=O. The quantitative estimate of drug-likeness (QED) is 0.703. The van der Waals surface area contributed by atoms with Gasteiger partial charge in [0.1, 0.15) is 0 Å². The third-order valence-electron chi connectivity index (χ3n) is 3.19. The molecule has 0 spiro atoms. The largest absolute Gasteiger partial charge is 0.316 e. The van der Waals surface area contributed by atoms with Crippen LogP contribution < -0.4 is 5.32 Å². The molecule has 1 amide bonds. The van der Waals surface area contributed by atoms with Crippen LogP contribution in [-0.4, -0.2) is 43.0 Å². The smallest absolute Gasteiger partial charge is 0.258 e. The van der Waals surface area contributed by atoms with Crippen LogP contribution in [0.4, 0.5) is 0 Å². The highest BCUT2D eigenvalue weighted by molar-refractivity contribution is 7.94. The van der Waals surface area contributed by atoms with E-state index in [1.165, 1.54) is 13.8 Å². The van der Waals surface area contributed by atoms with Crippen molar-refractivity contribution in [2.24, 2.45) is 5.92 Å². The summed E-state index contributed by atoms with van der Waals surface area (Å²) in [6.45, 7) is 9.35. The van der Waals surface area contributed by atoms with E-state index in [0.29, 0.717) is 18.9 Å². The molecule has 6 heteroatoms. The van der Waals surface area contributed by atoms with Gasteiger partial charge in [-0.05, 0) is 45.7 Å². The molecule has 106 valence electrons. The molecular formula is C12H24N2O3S. The summed E-state index contributed by atoms with van der Waals surface area (Å²) in [5.41, 5.74) is 0. The van der Waals surface area contributed by atoms with Gasteiger partial charge in [-0.2, -0.15) is 0 Å². The molecule has 18 heavy (non-hydrogen) atoms. The molecule has 5 nitrogen and oxygen atoms in total. The molecule has 0 aliphatic carbocycles. The van der Waals surface area contributed by atoms with Crippen molar-refractivity contribution >= 4 is 15.9 Å². The number of unbranched alkanes of at least 4 members (excludes halogenated alkanes) is 1. The molecule has 1 heterocycles. The fourth-order valence-corrected chi connectivity index (χ4v) is 3.44. The van der Waals surface area contributed by atoms with Gasteiger partial charge in [-0.3, -0.25) is 4.79 Å². The van der Waals surface area contributed by atoms with E-state index in [-0.39, 0.29) is 5.91 Å². The summed E-state index contributed by atoms with van der Waals surface area (Å²) < 4.78 is 23.3. The fourth-order valence-electron chi connectivity index (χ4n) is 1.87. The van der Waals surface area contributed by atoms with E-state index < -0.39 is 14.8 Å². The minimum absolute atomic E-state index is 0.280. The van der Waals surface area contributed by atoms with Crippen molar-refractivity contribution in [1.29, 1.82) is 0 Å². The fraction of sp³-hybridized carbons (Fsp3) is 0.917. The van der Waals surface area contributed by atoms with Gasteiger partial charge in [0.2, 0.25) is 0 Å². The molecule has 0 bridgehead atoms. The lowest BCUT2D eigenvalue weighted by molar-refractivity contribution is -0.132. The maximum Gasteiger partial charge on any atom is 0.258 e. The number of hydrogen-bond acceptors (Lipinski definition) is 4. The molecule has 0 atom stereocenters. The first-order valence-electron chi connectivity index (χ1n) is 6.48. The van der Waals surface area contributed by atoms with Gasteiger partial charge < -0.3 is 5.32 Å². The summed E-state index contributed by atoms with van der Waals surface area (Å²) in [4.78, 5) is 11.6. The number of sulfonamides is 1. The lowest BCUT2D eigenvalue weighted by Gasteiger charge is -2.43. The molecule has 0 aromatic carbocycles. The first kappa shape index (κ1) is 15.4. The zero-order chi connectivity index (χ0) is 14.0. The first-order chi connectivity index (χ1) is 8.21. The second-order valence-electron chi connectivity index (χ2n) is 5.70. The summed E-state index contributed by atoms with van der Waals surface area (Å²) in [5.74, 6) is 0.334. The molecule has 1 saturated heterocycles. The summed E-state index contributed by atoms with van der Waals surface area (Å²) in [6, 6.07) is 0. The standard InChI is InChI=1S/C12H24N2O3S/c1-10(2)9-13-7-5-6-8-14-11(15)12(3,4)18(14,16)17/h10,13H,5-9H2,1-4H3. The summed E-state index contributed by atoms with van der Waals surface area (Å²) in [6.07, 6.45) is 1.60. The molecule has 0 aromatic heterocycles. The van der Waals surface area contributed by atoms with Gasteiger partial charge in [-0.25, -0.2) is 12.7 Å². The van der Waals surface area contributed by atoms with Gasteiger partial charge in [-0.1, -0.05) is 13.8 Å². The van der Waals surface area contributed by atoms with Crippen molar-refractivity contribution in [3.8, 4) is 0 Å². The normalized spacial score (nSPS) is 21.2. The highest BCUT2D eigenvalue weighted by Gasteiger charge is 2.59. The number of amides is 1. The van der Waals surface area contributed by atoms with Crippen molar-refractivity contribution in [3.63, 3.8) is 0 Å². The Morgan fingerprint density at radius 2 is 1.89 bits per heavy atom. The Labute approximate surface area is 110 Å². The second-order valence-corrected chi connectivity index (χ2v) is 8.11. The van der Waals surface area contributed by atoms with Crippen LogP contribution in [-0.2, 0) is 14.8 Å². The predicted octanol–water partition coefficient (Wildman–Crippen LogP) is 0.963. The van der Waals surface area contributed by atoms with E-state index in [1.54, 1.807) is 0 Å². The van der Waals surface area contributed by atoms with Gasteiger partial charge in [0.15, 0.2) is 4.75 Å². The van der Waals surface area contributed by atoms with E-state index >= 15 is 0 Å². The number of hydrogen-bond donors (Lipinski definition) is 1. The number of carbonyl (C=O) groups excluding carboxylic acids is 1. The van der Waals surface area contributed by atoms with E-state index in [2.05, 4.69) is 19.2 Å². The van der Waals surface area contributed by atoms with Crippen molar-refractivity contribution in [1.82, 2.24) is 9.62 Å². The molecule has 0 aromatic rings.